The van der Waals surface area contributed by atoms with Gasteiger partial charge in [-0.1, -0.05) is 68.8 Å². The summed E-state index contributed by atoms with van der Waals surface area (Å²) in [5, 5.41) is 13.2. The van der Waals surface area contributed by atoms with E-state index < -0.39 is 30.0 Å². The zero-order valence-electron chi connectivity index (χ0n) is 26.0. The molecule has 2 heterocycles. The van der Waals surface area contributed by atoms with Crippen LogP contribution in [0.25, 0.3) is 21.3 Å². The Morgan fingerprint density at radius 1 is 1.02 bits per heavy atom. The first-order valence-corrected chi connectivity index (χ1v) is 19.4. The number of nitrogens with one attached hydrogen (secondary N) is 1. The average molecular weight is 643 g/mol. The third-order valence-corrected chi connectivity index (χ3v) is 15.7. The minimum Gasteiger partial charge on any atom is -0.598 e. The van der Waals surface area contributed by atoms with Crippen molar-refractivity contribution in [1.29, 1.82) is 0 Å². The normalized spacial score (nSPS) is 15.9. The van der Waals surface area contributed by atoms with Crippen molar-refractivity contribution in [3.63, 3.8) is 0 Å². The summed E-state index contributed by atoms with van der Waals surface area (Å²) in [6.45, 7) is 18.8. The second kappa shape index (κ2) is 12.3. The lowest BCUT2D eigenvalue weighted by Gasteiger charge is -2.38. The van der Waals surface area contributed by atoms with E-state index in [0.29, 0.717) is 5.02 Å². The summed E-state index contributed by atoms with van der Waals surface area (Å²) in [4.78, 5) is 5.71. The highest BCUT2D eigenvalue weighted by atomic mass is 35.5. The third kappa shape index (κ3) is 7.30. The Kier molecular flexibility index (Phi) is 9.73. The van der Waals surface area contributed by atoms with Crippen LogP contribution in [-0.4, -0.2) is 34.3 Å². The number of aromatic nitrogens is 1. The van der Waals surface area contributed by atoms with Gasteiger partial charge in [0.2, 0.25) is 0 Å². The van der Waals surface area contributed by atoms with Crippen molar-refractivity contribution in [1.82, 2.24) is 9.71 Å². The topological polar surface area (TPSA) is 77.4 Å². The van der Waals surface area contributed by atoms with Gasteiger partial charge < -0.3 is 14.1 Å². The van der Waals surface area contributed by atoms with E-state index in [1.165, 1.54) is 0 Å². The van der Waals surface area contributed by atoms with E-state index in [1.54, 1.807) is 24.5 Å². The molecule has 3 atom stereocenters. The van der Waals surface area contributed by atoms with Crippen molar-refractivity contribution >= 4 is 52.7 Å². The van der Waals surface area contributed by atoms with E-state index in [2.05, 4.69) is 56.8 Å². The van der Waals surface area contributed by atoms with Gasteiger partial charge in [0.05, 0.1) is 12.3 Å². The predicted molar refractivity (Wildman–Crippen MR) is 182 cm³/mol. The summed E-state index contributed by atoms with van der Waals surface area (Å²) in [6, 6.07) is 19.4. The van der Waals surface area contributed by atoms with Gasteiger partial charge in [-0.05, 0) is 86.6 Å². The standard InChI is InChI=1S/C33H43ClN2O3S2Si/c1-31(2,3)41(38)36-29(24-14-10-11-16-26(24)34)28-19-22-13-12-15-25(30(22)40-28)27-20-23(17-18-35-27)33(7,37)21-39-42(8,9)32(4,5)6/h10-20,29,36-37H,21H2,1-9H3. The van der Waals surface area contributed by atoms with Crippen molar-refractivity contribution in [2.75, 3.05) is 6.61 Å². The number of benzene rings is 2. The van der Waals surface area contributed by atoms with E-state index in [0.717, 1.165) is 37.3 Å². The largest absolute Gasteiger partial charge is 0.598 e. The molecule has 2 aromatic heterocycles. The Hall–Kier alpha value is -1.75. The number of hydrogen-bond acceptors (Lipinski definition) is 6. The van der Waals surface area contributed by atoms with E-state index >= 15 is 0 Å². The Labute approximate surface area is 264 Å². The van der Waals surface area contributed by atoms with E-state index in [4.69, 9.17) is 21.0 Å². The molecule has 4 rings (SSSR count). The molecule has 9 heteroatoms. The van der Waals surface area contributed by atoms with Crippen LogP contribution in [0, 0.1) is 0 Å². The maximum atomic E-state index is 13.3. The van der Waals surface area contributed by atoms with Gasteiger partial charge in [0.1, 0.15) is 16.4 Å². The fourth-order valence-electron chi connectivity index (χ4n) is 4.23. The Morgan fingerprint density at radius 2 is 1.71 bits per heavy atom. The smallest absolute Gasteiger partial charge is 0.192 e. The third-order valence-electron chi connectivity index (χ3n) is 8.02. The monoisotopic (exact) mass is 642 g/mol. The zero-order valence-corrected chi connectivity index (χ0v) is 29.4. The molecule has 2 aromatic carbocycles. The van der Waals surface area contributed by atoms with Crippen LogP contribution in [0.2, 0.25) is 23.2 Å². The molecule has 226 valence electrons. The van der Waals surface area contributed by atoms with E-state index in [9.17, 15) is 9.66 Å². The second-order valence-electron chi connectivity index (χ2n) is 13.6. The number of aliphatic hydroxyl groups is 1. The summed E-state index contributed by atoms with van der Waals surface area (Å²) >= 11 is 6.97. The molecule has 3 unspecified atom stereocenters. The molecule has 0 aliphatic carbocycles. The Balaban J connectivity index is 1.73. The van der Waals surface area contributed by atoms with Crippen molar-refractivity contribution in [2.45, 2.75) is 83.0 Å². The lowest BCUT2D eigenvalue weighted by Crippen LogP contribution is -2.44. The summed E-state index contributed by atoms with van der Waals surface area (Å²) in [5.74, 6) is 0. The number of thiophene rings is 1. The van der Waals surface area contributed by atoms with Crippen LogP contribution in [0.5, 0.6) is 0 Å². The van der Waals surface area contributed by atoms with Crippen LogP contribution >= 0.6 is 22.9 Å². The van der Waals surface area contributed by atoms with Crippen molar-refractivity contribution < 1.29 is 14.1 Å². The van der Waals surface area contributed by atoms with Crippen LogP contribution in [0.15, 0.2) is 66.9 Å². The molecule has 0 bridgehead atoms. The first-order valence-electron chi connectivity index (χ1n) is 14.2. The number of rotatable bonds is 9. The van der Waals surface area contributed by atoms with Gasteiger partial charge in [0.15, 0.2) is 8.32 Å². The van der Waals surface area contributed by atoms with Crippen molar-refractivity contribution in [2.24, 2.45) is 0 Å². The van der Waals surface area contributed by atoms with E-state index in [-0.39, 0.29) is 17.7 Å². The molecule has 0 aliphatic rings. The number of nitrogens with zero attached hydrogens (tertiary/aromatic N) is 1. The Bertz CT molecular complexity index is 1540. The number of fused-ring (bicyclic) bond motifs is 1. The molecule has 0 amide bonds. The SMILES string of the molecule is CC(O)(CO[Si](C)(C)C(C)(C)C)c1ccnc(-c2cccc3cc(C(N[S+]([O-])C(C)(C)C)c4ccccc4Cl)sc23)c1. The minimum atomic E-state index is -2.04. The molecule has 0 saturated heterocycles. The van der Waals surface area contributed by atoms with Gasteiger partial charge in [-0.15, -0.1) is 16.1 Å². The van der Waals surface area contributed by atoms with Crippen LogP contribution in [-0.2, 0) is 21.4 Å². The van der Waals surface area contributed by atoms with Crippen molar-refractivity contribution in [3.8, 4) is 11.3 Å². The molecule has 0 spiro atoms. The van der Waals surface area contributed by atoms with Crippen LogP contribution in [0.4, 0.5) is 0 Å². The molecule has 42 heavy (non-hydrogen) atoms. The first kappa shape index (κ1) is 33.1. The first-order chi connectivity index (χ1) is 19.4. The van der Waals surface area contributed by atoms with Gasteiger partial charge in [0, 0.05) is 37.7 Å². The highest BCUT2D eigenvalue weighted by molar-refractivity contribution is 7.90. The van der Waals surface area contributed by atoms with Gasteiger partial charge in [-0.2, -0.15) is 0 Å². The molecule has 2 N–H and O–H groups in total. The highest BCUT2D eigenvalue weighted by Gasteiger charge is 2.39. The van der Waals surface area contributed by atoms with Crippen LogP contribution in [0.3, 0.4) is 0 Å². The lowest BCUT2D eigenvalue weighted by atomic mass is 9.96. The molecular weight excluding hydrogens is 600 g/mol. The molecule has 5 nitrogen and oxygen atoms in total. The number of hydrogen-bond donors (Lipinski definition) is 2. The summed E-state index contributed by atoms with van der Waals surface area (Å²) in [6.07, 6.45) is 1.75. The lowest BCUT2D eigenvalue weighted by molar-refractivity contribution is 0.00258. The molecule has 0 saturated carbocycles. The van der Waals surface area contributed by atoms with E-state index in [1.807, 2.05) is 63.2 Å². The molecule has 4 aromatic rings. The number of pyridine rings is 1. The predicted octanol–water partition coefficient (Wildman–Crippen LogP) is 8.99. The fraction of sp³-hybridized carbons (Fsp3) is 0.424. The summed E-state index contributed by atoms with van der Waals surface area (Å²) in [5.41, 5.74) is 2.22. The van der Waals surface area contributed by atoms with Crippen LogP contribution in [0.1, 0.15) is 70.5 Å². The molecule has 0 radical (unpaired) electrons. The quantitative estimate of drug-likeness (QED) is 0.141. The minimum absolute atomic E-state index is 0.0508. The Morgan fingerprint density at radius 3 is 2.36 bits per heavy atom. The maximum Gasteiger partial charge on any atom is 0.192 e. The van der Waals surface area contributed by atoms with Gasteiger partial charge in [-0.25, -0.2) is 0 Å². The zero-order chi connectivity index (χ0) is 31.1. The van der Waals surface area contributed by atoms with Gasteiger partial charge in [0.25, 0.3) is 0 Å². The fourth-order valence-corrected chi connectivity index (χ4v) is 7.70. The van der Waals surface area contributed by atoms with Crippen molar-refractivity contribution in [3.05, 3.63) is 87.9 Å². The molecule has 0 fully saturated rings. The molecule has 0 aliphatic heterocycles. The maximum absolute atomic E-state index is 13.3. The van der Waals surface area contributed by atoms with Gasteiger partial charge in [-0.3, -0.25) is 4.98 Å². The van der Waals surface area contributed by atoms with Gasteiger partial charge >= 0.3 is 0 Å². The summed E-state index contributed by atoms with van der Waals surface area (Å²) < 4.78 is 23.6. The van der Waals surface area contributed by atoms with Crippen LogP contribution < -0.4 is 4.72 Å². The average Bonchev–Trinajstić information content (AvgIpc) is 3.34. The number of halogens is 1. The molecular formula is C33H43ClN2O3S2Si. The summed E-state index contributed by atoms with van der Waals surface area (Å²) in [7, 11) is -2.04. The highest BCUT2D eigenvalue weighted by Crippen LogP contribution is 2.41. The second-order valence-corrected chi connectivity index (χ2v) is 21.9.